The minimum absolute atomic E-state index is 0.130. The van der Waals surface area contributed by atoms with Gasteiger partial charge in [-0.15, -0.1) is 0 Å². The van der Waals surface area contributed by atoms with Gasteiger partial charge in [0, 0.05) is 44.5 Å². The molecular formula is C22H21F3N6O. The highest BCUT2D eigenvalue weighted by Crippen LogP contribution is 2.43. The van der Waals surface area contributed by atoms with Gasteiger partial charge in [-0.3, -0.25) is 4.79 Å². The number of rotatable bonds is 4. The molecule has 1 aliphatic heterocycles. The average Bonchev–Trinajstić information content (AvgIpc) is 3.56. The average molecular weight is 442 g/mol. The molecule has 2 aromatic heterocycles. The summed E-state index contributed by atoms with van der Waals surface area (Å²) in [6, 6.07) is 6.81. The highest BCUT2D eigenvalue weighted by molar-refractivity contribution is 5.95. The van der Waals surface area contributed by atoms with E-state index in [-0.39, 0.29) is 11.8 Å². The van der Waals surface area contributed by atoms with Crippen molar-refractivity contribution in [3.8, 4) is 5.69 Å². The lowest BCUT2D eigenvalue weighted by molar-refractivity contribution is -0.137. The van der Waals surface area contributed by atoms with Crippen molar-refractivity contribution in [3.05, 3.63) is 65.7 Å². The molecule has 7 nitrogen and oxygen atoms in total. The summed E-state index contributed by atoms with van der Waals surface area (Å²) in [6.07, 6.45) is 2.20. The van der Waals surface area contributed by atoms with Gasteiger partial charge in [-0.1, -0.05) is 6.07 Å². The summed E-state index contributed by atoms with van der Waals surface area (Å²) in [7, 11) is 0. The van der Waals surface area contributed by atoms with E-state index in [1.54, 1.807) is 29.4 Å². The van der Waals surface area contributed by atoms with Crippen LogP contribution in [0.25, 0.3) is 5.69 Å². The fourth-order valence-electron chi connectivity index (χ4n) is 4.03. The maximum absolute atomic E-state index is 13.3. The van der Waals surface area contributed by atoms with E-state index in [0.717, 1.165) is 25.0 Å². The first-order chi connectivity index (χ1) is 15.4. The van der Waals surface area contributed by atoms with Crippen molar-refractivity contribution in [3.63, 3.8) is 0 Å². The van der Waals surface area contributed by atoms with E-state index < -0.39 is 11.7 Å². The highest BCUT2D eigenvalue weighted by Gasteiger charge is 2.36. The summed E-state index contributed by atoms with van der Waals surface area (Å²) >= 11 is 0. The Morgan fingerprint density at radius 1 is 1.00 bits per heavy atom. The summed E-state index contributed by atoms with van der Waals surface area (Å²) < 4.78 is 41.0. The molecule has 166 valence electrons. The molecule has 3 heterocycles. The highest BCUT2D eigenvalue weighted by atomic mass is 19.4. The SMILES string of the molecule is O=C(c1cnn(-c2cccc(C(F)(F)F)c2)c1C1CC1)N1CCN(c2ncccn2)CC1. The Morgan fingerprint density at radius 3 is 2.38 bits per heavy atom. The topological polar surface area (TPSA) is 67.2 Å². The number of halogens is 3. The van der Waals surface area contributed by atoms with Crippen molar-refractivity contribution in [2.75, 3.05) is 31.1 Å². The molecule has 0 bridgehead atoms. The van der Waals surface area contributed by atoms with Crippen molar-refractivity contribution in [2.24, 2.45) is 0 Å². The number of nitrogens with zero attached hydrogens (tertiary/aromatic N) is 6. The molecule has 0 spiro atoms. The molecule has 1 amide bonds. The number of aromatic nitrogens is 4. The quantitative estimate of drug-likeness (QED) is 0.619. The third-order valence-electron chi connectivity index (χ3n) is 5.82. The molecule has 1 saturated carbocycles. The first-order valence-corrected chi connectivity index (χ1v) is 10.5. The van der Waals surface area contributed by atoms with Gasteiger partial charge in [-0.05, 0) is 37.1 Å². The number of alkyl halides is 3. The second kappa shape index (κ2) is 7.92. The van der Waals surface area contributed by atoms with Crippen molar-refractivity contribution >= 4 is 11.9 Å². The van der Waals surface area contributed by atoms with Crippen LogP contribution in [-0.4, -0.2) is 56.7 Å². The lowest BCUT2D eigenvalue weighted by Gasteiger charge is -2.34. The number of carbonyl (C=O) groups excluding carboxylic acids is 1. The Kier molecular flexibility index (Phi) is 5.07. The Hall–Kier alpha value is -3.43. The van der Waals surface area contributed by atoms with Crippen LogP contribution in [0.2, 0.25) is 0 Å². The zero-order valence-corrected chi connectivity index (χ0v) is 17.2. The van der Waals surface area contributed by atoms with E-state index in [1.807, 2.05) is 4.90 Å². The van der Waals surface area contributed by atoms with Crippen molar-refractivity contribution in [1.82, 2.24) is 24.6 Å². The normalized spacial score (nSPS) is 17.0. The predicted octanol–water partition coefficient (Wildman–Crippen LogP) is 3.52. The lowest BCUT2D eigenvalue weighted by Crippen LogP contribution is -2.49. The summed E-state index contributed by atoms with van der Waals surface area (Å²) in [6.45, 7) is 2.23. The zero-order valence-electron chi connectivity index (χ0n) is 17.2. The fraction of sp³-hybridized carbons (Fsp3) is 0.364. The van der Waals surface area contributed by atoms with Gasteiger partial charge in [0.2, 0.25) is 5.95 Å². The van der Waals surface area contributed by atoms with E-state index >= 15 is 0 Å². The maximum Gasteiger partial charge on any atom is 0.416 e. The molecule has 5 rings (SSSR count). The molecule has 0 unspecified atom stereocenters. The predicted molar refractivity (Wildman–Crippen MR) is 111 cm³/mol. The molecule has 3 aromatic rings. The van der Waals surface area contributed by atoms with E-state index in [9.17, 15) is 18.0 Å². The van der Waals surface area contributed by atoms with Crippen LogP contribution in [0.15, 0.2) is 48.9 Å². The standard InChI is InChI=1S/C22H21F3N6O/c23-22(24,25)16-3-1-4-17(13-16)31-19(15-5-6-15)18(14-28-31)20(32)29-9-11-30(12-10-29)21-26-7-2-8-27-21/h1-4,7-8,13-15H,5-6,9-12H2. The molecule has 10 heteroatoms. The number of benzene rings is 1. The van der Waals surface area contributed by atoms with Crippen LogP contribution in [0.1, 0.15) is 40.4 Å². The molecule has 1 aromatic carbocycles. The Morgan fingerprint density at radius 2 is 1.72 bits per heavy atom. The summed E-state index contributed by atoms with van der Waals surface area (Å²) in [5.41, 5.74) is 0.740. The number of hydrogen-bond donors (Lipinski definition) is 0. The largest absolute Gasteiger partial charge is 0.416 e. The molecule has 1 aliphatic carbocycles. The summed E-state index contributed by atoms with van der Waals surface area (Å²) in [4.78, 5) is 25.6. The fourth-order valence-corrected chi connectivity index (χ4v) is 4.03. The first kappa shape index (κ1) is 20.5. The Bertz CT molecular complexity index is 1120. The van der Waals surface area contributed by atoms with Crippen molar-refractivity contribution in [2.45, 2.75) is 24.9 Å². The van der Waals surface area contributed by atoms with Crippen LogP contribution in [0.4, 0.5) is 19.1 Å². The number of anilines is 1. The molecule has 32 heavy (non-hydrogen) atoms. The van der Waals surface area contributed by atoms with Gasteiger partial charge in [-0.2, -0.15) is 18.3 Å². The van der Waals surface area contributed by atoms with Gasteiger partial charge in [-0.25, -0.2) is 14.6 Å². The van der Waals surface area contributed by atoms with Crippen LogP contribution in [0.5, 0.6) is 0 Å². The minimum Gasteiger partial charge on any atom is -0.337 e. The molecular weight excluding hydrogens is 421 g/mol. The van der Waals surface area contributed by atoms with Crippen LogP contribution in [0, 0.1) is 0 Å². The van der Waals surface area contributed by atoms with Crippen LogP contribution < -0.4 is 4.90 Å². The second-order valence-corrected chi connectivity index (χ2v) is 8.01. The van der Waals surface area contributed by atoms with Gasteiger partial charge in [0.1, 0.15) is 0 Å². The second-order valence-electron chi connectivity index (χ2n) is 8.01. The smallest absolute Gasteiger partial charge is 0.337 e. The third-order valence-corrected chi connectivity index (χ3v) is 5.82. The van der Waals surface area contributed by atoms with E-state index in [2.05, 4.69) is 15.1 Å². The number of amides is 1. The van der Waals surface area contributed by atoms with Crippen molar-refractivity contribution in [1.29, 1.82) is 0 Å². The molecule has 0 N–H and O–H groups in total. The molecule has 2 aliphatic rings. The van der Waals surface area contributed by atoms with Crippen LogP contribution >= 0.6 is 0 Å². The Balaban J connectivity index is 1.38. The van der Waals surface area contributed by atoms with Gasteiger partial charge < -0.3 is 9.80 Å². The van der Waals surface area contributed by atoms with E-state index in [4.69, 9.17) is 0 Å². The van der Waals surface area contributed by atoms with Crippen LogP contribution in [0.3, 0.4) is 0 Å². The molecule has 1 saturated heterocycles. The monoisotopic (exact) mass is 442 g/mol. The third kappa shape index (κ3) is 3.92. The van der Waals surface area contributed by atoms with Crippen molar-refractivity contribution < 1.29 is 18.0 Å². The number of hydrogen-bond acceptors (Lipinski definition) is 5. The van der Waals surface area contributed by atoms with Gasteiger partial charge in [0.05, 0.1) is 28.7 Å². The molecule has 0 atom stereocenters. The van der Waals surface area contributed by atoms with Gasteiger partial charge >= 0.3 is 6.18 Å². The van der Waals surface area contributed by atoms with Crippen LogP contribution in [-0.2, 0) is 6.18 Å². The van der Waals surface area contributed by atoms with Gasteiger partial charge in [0.15, 0.2) is 0 Å². The zero-order chi connectivity index (χ0) is 22.3. The Labute approximate surface area is 182 Å². The maximum atomic E-state index is 13.3. The molecule has 2 fully saturated rings. The number of carbonyl (C=O) groups is 1. The minimum atomic E-state index is -4.44. The first-order valence-electron chi connectivity index (χ1n) is 10.5. The summed E-state index contributed by atoms with van der Waals surface area (Å²) in [5, 5.41) is 4.32. The van der Waals surface area contributed by atoms with E-state index in [0.29, 0.717) is 49.1 Å². The number of piperazine rings is 1. The molecule has 0 radical (unpaired) electrons. The lowest BCUT2D eigenvalue weighted by atomic mass is 10.1. The summed E-state index contributed by atoms with van der Waals surface area (Å²) in [5.74, 6) is 0.624. The van der Waals surface area contributed by atoms with Gasteiger partial charge in [0.25, 0.3) is 5.91 Å². The van der Waals surface area contributed by atoms with E-state index in [1.165, 1.54) is 16.9 Å².